The van der Waals surface area contributed by atoms with Gasteiger partial charge in [-0.2, -0.15) is 0 Å². The Morgan fingerprint density at radius 1 is 1.00 bits per heavy atom. The largest absolute Gasteiger partial charge is 0.478 e. The van der Waals surface area contributed by atoms with Crippen molar-refractivity contribution in [2.75, 3.05) is 19.6 Å². The van der Waals surface area contributed by atoms with E-state index in [1.54, 1.807) is 13.8 Å². The van der Waals surface area contributed by atoms with Crippen LogP contribution in [0, 0.1) is 0 Å². The van der Waals surface area contributed by atoms with Gasteiger partial charge < -0.3 is 21.1 Å². The fraction of sp³-hybridized carbons (Fsp3) is 0.444. The quantitative estimate of drug-likeness (QED) is 0.389. The van der Waals surface area contributed by atoms with Gasteiger partial charge in [0, 0.05) is 37.8 Å². The normalized spacial score (nSPS) is 17.7. The van der Waals surface area contributed by atoms with E-state index in [1.165, 1.54) is 22.4 Å². The van der Waals surface area contributed by atoms with E-state index >= 15 is 0 Å². The van der Waals surface area contributed by atoms with Crippen LogP contribution in [0.25, 0.3) is 10.8 Å². The van der Waals surface area contributed by atoms with Crippen molar-refractivity contribution in [2.45, 2.75) is 57.8 Å². The number of carboxylic acid groups (broad SMARTS) is 1. The van der Waals surface area contributed by atoms with Crippen LogP contribution in [0.2, 0.25) is 0 Å². The monoisotopic (exact) mass is 480 g/mol. The number of nitrogens with zero attached hydrogens (tertiary/aromatic N) is 1. The minimum Gasteiger partial charge on any atom is -0.478 e. The number of hydrogen-bond acceptors (Lipinski definition) is 5. The highest BCUT2D eigenvalue weighted by molar-refractivity contribution is 5.89. The molecule has 0 aromatic heterocycles. The minimum atomic E-state index is -1.07. The minimum absolute atomic E-state index is 0.0922. The lowest BCUT2D eigenvalue weighted by molar-refractivity contribution is -0.131. The zero-order valence-corrected chi connectivity index (χ0v) is 20.7. The first-order valence-electron chi connectivity index (χ1n) is 12.2. The zero-order valence-electron chi connectivity index (χ0n) is 20.7. The van der Waals surface area contributed by atoms with Gasteiger partial charge in [-0.15, -0.1) is 0 Å². The number of carbonyl (C=O) groups excluding carboxylic acids is 2. The van der Waals surface area contributed by atoms with Crippen LogP contribution in [0.4, 0.5) is 0 Å². The third-order valence-corrected chi connectivity index (χ3v) is 6.64. The molecule has 2 aromatic rings. The molecular formula is C27H36N4O4. The summed E-state index contributed by atoms with van der Waals surface area (Å²) < 4.78 is 0. The van der Waals surface area contributed by atoms with E-state index in [2.05, 4.69) is 70.2 Å². The number of nitrogens with one attached hydrogen (secondary N) is 3. The maximum absolute atomic E-state index is 12.6. The van der Waals surface area contributed by atoms with Gasteiger partial charge in [0.05, 0.1) is 6.04 Å². The second-order valence-corrected chi connectivity index (χ2v) is 9.16. The zero-order chi connectivity index (χ0) is 25.4. The third kappa shape index (κ3) is 7.37. The first kappa shape index (κ1) is 26.4. The molecule has 188 valence electrons. The molecule has 1 heterocycles. The highest BCUT2D eigenvalue weighted by atomic mass is 16.4. The summed E-state index contributed by atoms with van der Waals surface area (Å²) in [7, 11) is 0. The number of carboxylic acids is 1. The standard InChI is InChI=1S/C27H36N4O4/c1-18(26(34)28-15-7-12-25(32)33)30-27(35)19(2)29-22-13-16-31(17-14-22)20(3)23-11-6-9-21-8-4-5-10-24(21)23/h4-12,18-20,22,29H,13-17H2,1-3H3,(H,28,34)(H,30,35)(H,32,33)/b12-7+/t18-,19-,20-/m1/s1. The van der Waals surface area contributed by atoms with Crippen molar-refractivity contribution in [1.29, 1.82) is 0 Å². The Balaban J connectivity index is 1.44. The average molecular weight is 481 g/mol. The fourth-order valence-corrected chi connectivity index (χ4v) is 4.57. The summed E-state index contributed by atoms with van der Waals surface area (Å²) in [4.78, 5) is 37.6. The lowest BCUT2D eigenvalue weighted by Crippen LogP contribution is -2.54. The molecule has 1 fully saturated rings. The van der Waals surface area contributed by atoms with E-state index in [0.717, 1.165) is 32.0 Å². The molecule has 4 N–H and O–H groups in total. The Morgan fingerprint density at radius 2 is 1.69 bits per heavy atom. The second kappa shape index (κ2) is 12.5. The van der Waals surface area contributed by atoms with Crippen LogP contribution >= 0.6 is 0 Å². The lowest BCUT2D eigenvalue weighted by atomic mass is 9.96. The summed E-state index contributed by atoms with van der Waals surface area (Å²) in [5.74, 6) is -1.68. The van der Waals surface area contributed by atoms with Crippen molar-refractivity contribution < 1.29 is 19.5 Å². The third-order valence-electron chi connectivity index (χ3n) is 6.64. The number of likely N-dealkylation sites (tertiary alicyclic amines) is 1. The number of hydrogen-bond donors (Lipinski definition) is 4. The van der Waals surface area contributed by atoms with E-state index in [-0.39, 0.29) is 24.4 Å². The van der Waals surface area contributed by atoms with Gasteiger partial charge in [-0.3, -0.25) is 14.5 Å². The number of fused-ring (bicyclic) bond motifs is 1. The molecule has 8 heteroatoms. The van der Waals surface area contributed by atoms with Crippen molar-refractivity contribution in [2.24, 2.45) is 0 Å². The number of rotatable bonds is 10. The molecule has 0 radical (unpaired) electrons. The van der Waals surface area contributed by atoms with E-state index < -0.39 is 18.1 Å². The molecule has 2 aromatic carbocycles. The Hall–Kier alpha value is -3.23. The summed E-state index contributed by atoms with van der Waals surface area (Å²) in [6.07, 6.45) is 4.19. The molecule has 0 unspecified atom stereocenters. The molecule has 35 heavy (non-hydrogen) atoms. The SMILES string of the molecule is C[C@H](c1cccc2ccccc12)N1CCC(N[C@H](C)C(=O)N[C@H](C)C(=O)NC/C=C/C(=O)O)CC1. The van der Waals surface area contributed by atoms with Crippen molar-refractivity contribution in [1.82, 2.24) is 20.9 Å². The Morgan fingerprint density at radius 3 is 2.40 bits per heavy atom. The van der Waals surface area contributed by atoms with Gasteiger partial charge in [-0.1, -0.05) is 48.5 Å². The molecule has 0 aliphatic carbocycles. The van der Waals surface area contributed by atoms with Crippen LogP contribution < -0.4 is 16.0 Å². The molecular weight excluding hydrogens is 444 g/mol. The maximum atomic E-state index is 12.6. The van der Waals surface area contributed by atoms with Crippen molar-refractivity contribution >= 4 is 28.6 Å². The van der Waals surface area contributed by atoms with Crippen LogP contribution in [-0.2, 0) is 14.4 Å². The molecule has 1 saturated heterocycles. The van der Waals surface area contributed by atoms with Gasteiger partial charge in [-0.25, -0.2) is 4.79 Å². The Kier molecular flexibility index (Phi) is 9.39. The number of benzene rings is 2. The molecule has 0 bridgehead atoms. The maximum Gasteiger partial charge on any atom is 0.328 e. The van der Waals surface area contributed by atoms with Crippen molar-refractivity contribution in [3.63, 3.8) is 0 Å². The van der Waals surface area contributed by atoms with E-state index in [9.17, 15) is 14.4 Å². The summed E-state index contributed by atoms with van der Waals surface area (Å²) in [6, 6.07) is 14.4. The molecule has 8 nitrogen and oxygen atoms in total. The van der Waals surface area contributed by atoms with Crippen LogP contribution in [0.5, 0.6) is 0 Å². The number of piperidine rings is 1. The summed E-state index contributed by atoms with van der Waals surface area (Å²) in [5, 5.41) is 19.8. The predicted octanol–water partition coefficient (Wildman–Crippen LogP) is 2.61. The molecule has 1 aliphatic rings. The molecule has 3 atom stereocenters. The molecule has 1 aliphatic heterocycles. The number of amides is 2. The Bertz CT molecular complexity index is 1060. The molecule has 0 spiro atoms. The van der Waals surface area contributed by atoms with E-state index in [4.69, 9.17) is 5.11 Å². The molecule has 0 saturated carbocycles. The van der Waals surface area contributed by atoms with Gasteiger partial charge >= 0.3 is 5.97 Å². The van der Waals surface area contributed by atoms with Gasteiger partial charge in [0.2, 0.25) is 11.8 Å². The summed E-state index contributed by atoms with van der Waals surface area (Å²) >= 11 is 0. The topological polar surface area (TPSA) is 111 Å². The number of carbonyl (C=O) groups is 3. The lowest BCUT2D eigenvalue weighted by Gasteiger charge is -2.37. The first-order chi connectivity index (χ1) is 16.8. The van der Waals surface area contributed by atoms with Crippen molar-refractivity contribution in [3.05, 3.63) is 60.2 Å². The molecule has 2 amide bonds. The van der Waals surface area contributed by atoms with Crippen LogP contribution in [0.3, 0.4) is 0 Å². The van der Waals surface area contributed by atoms with E-state index in [0.29, 0.717) is 6.04 Å². The van der Waals surface area contributed by atoms with Gasteiger partial charge in [0.25, 0.3) is 0 Å². The first-order valence-corrected chi connectivity index (χ1v) is 12.2. The van der Waals surface area contributed by atoms with Gasteiger partial charge in [-0.05, 0) is 49.9 Å². The second-order valence-electron chi connectivity index (χ2n) is 9.16. The van der Waals surface area contributed by atoms with Crippen molar-refractivity contribution in [3.8, 4) is 0 Å². The van der Waals surface area contributed by atoms with Crippen LogP contribution in [-0.4, -0.2) is 65.5 Å². The highest BCUT2D eigenvalue weighted by Crippen LogP contribution is 2.30. The van der Waals surface area contributed by atoms with Gasteiger partial charge in [0.1, 0.15) is 6.04 Å². The number of aliphatic carboxylic acids is 1. The van der Waals surface area contributed by atoms with Crippen LogP contribution in [0.15, 0.2) is 54.6 Å². The Labute approximate surface area is 206 Å². The van der Waals surface area contributed by atoms with Crippen LogP contribution in [0.1, 0.15) is 45.2 Å². The highest BCUT2D eigenvalue weighted by Gasteiger charge is 2.27. The average Bonchev–Trinajstić information content (AvgIpc) is 2.86. The van der Waals surface area contributed by atoms with Gasteiger partial charge in [0.15, 0.2) is 0 Å². The molecule has 3 rings (SSSR count). The van der Waals surface area contributed by atoms with E-state index in [1.807, 2.05) is 0 Å². The smallest absolute Gasteiger partial charge is 0.328 e. The summed E-state index contributed by atoms with van der Waals surface area (Å²) in [6.45, 7) is 7.65. The predicted molar refractivity (Wildman–Crippen MR) is 137 cm³/mol. The summed E-state index contributed by atoms with van der Waals surface area (Å²) in [5.41, 5.74) is 1.34. The fourth-order valence-electron chi connectivity index (χ4n) is 4.57.